The third kappa shape index (κ3) is 4.82. The first-order valence-electron chi connectivity index (χ1n) is 20.5. The number of hydrogen-bond acceptors (Lipinski definition) is 2. The summed E-state index contributed by atoms with van der Waals surface area (Å²) in [7, 11) is 0. The van der Waals surface area contributed by atoms with Crippen LogP contribution < -0.4 is 0 Å². The van der Waals surface area contributed by atoms with Gasteiger partial charge in [0, 0.05) is 45.8 Å². The van der Waals surface area contributed by atoms with Gasteiger partial charge in [0.15, 0.2) is 0 Å². The van der Waals surface area contributed by atoms with E-state index in [0.29, 0.717) is 0 Å². The van der Waals surface area contributed by atoms with Gasteiger partial charge in [0.1, 0.15) is 0 Å². The van der Waals surface area contributed by atoms with E-state index in [1.165, 1.54) is 128 Å². The normalized spacial score (nSPS) is 13.4. The van der Waals surface area contributed by atoms with Gasteiger partial charge in [0.25, 0.3) is 0 Å². The molecule has 1 aliphatic rings. The van der Waals surface area contributed by atoms with Crippen molar-refractivity contribution in [1.82, 2.24) is 0 Å². The molecule has 276 valence electrons. The predicted octanol–water partition coefficient (Wildman–Crippen LogP) is 17.2. The Bertz CT molecular complexity index is 3690. The van der Waals surface area contributed by atoms with E-state index in [0.717, 1.165) is 0 Å². The monoisotopic (exact) mass is 784 g/mol. The molecule has 0 fully saturated rings. The summed E-state index contributed by atoms with van der Waals surface area (Å²) in [6, 6.07) is 68.8. The Morgan fingerprint density at radius 1 is 0.305 bits per heavy atom. The van der Waals surface area contributed by atoms with Crippen molar-refractivity contribution in [1.29, 1.82) is 0 Å². The minimum absolute atomic E-state index is 0.165. The fraction of sp³-hybridized carbons (Fsp3) is 0.0526. The molecule has 59 heavy (non-hydrogen) atoms. The standard InChI is InChI=1S/C57H36S2/c1-57(2)49-29-35(34-22-25-52-47(26-34)48-28-37-27-46-41-14-10-11-19-51(41)58-53(46)31-38(37)32-54(48)59-52)20-23-39(49)40-24-21-36(30-50(40)57)56-44-17-8-6-15-42(44)55(33-12-4-3-5-13-33)43-16-7-9-18-45(43)56/h3-32H,1-2H3. The van der Waals surface area contributed by atoms with Gasteiger partial charge in [0.05, 0.1) is 0 Å². The zero-order chi connectivity index (χ0) is 39.0. The van der Waals surface area contributed by atoms with E-state index in [2.05, 4.69) is 196 Å². The van der Waals surface area contributed by atoms with Crippen LogP contribution in [-0.4, -0.2) is 0 Å². The molecule has 2 aromatic heterocycles. The molecule has 0 N–H and O–H groups in total. The number of thiophene rings is 2. The van der Waals surface area contributed by atoms with E-state index in [1.54, 1.807) is 0 Å². The summed E-state index contributed by atoms with van der Waals surface area (Å²) in [5, 5.41) is 13.2. The fourth-order valence-corrected chi connectivity index (χ4v) is 12.6. The van der Waals surface area contributed by atoms with Crippen LogP contribution in [0.1, 0.15) is 25.0 Å². The maximum absolute atomic E-state index is 2.49. The van der Waals surface area contributed by atoms with Crippen molar-refractivity contribution in [3.05, 3.63) is 193 Å². The molecule has 0 bridgehead atoms. The average molecular weight is 785 g/mol. The second kappa shape index (κ2) is 12.2. The highest BCUT2D eigenvalue weighted by Gasteiger charge is 2.36. The van der Waals surface area contributed by atoms with Crippen LogP contribution in [0.15, 0.2) is 182 Å². The molecular weight excluding hydrogens is 749 g/mol. The lowest BCUT2D eigenvalue weighted by Gasteiger charge is -2.23. The molecule has 12 aromatic rings. The molecule has 2 heterocycles. The molecule has 0 nitrogen and oxygen atoms in total. The molecule has 0 unspecified atom stereocenters. The summed E-state index contributed by atoms with van der Waals surface area (Å²) in [5.41, 5.74) is 13.0. The second-order valence-electron chi connectivity index (χ2n) is 16.8. The van der Waals surface area contributed by atoms with Crippen LogP contribution >= 0.6 is 22.7 Å². The van der Waals surface area contributed by atoms with Gasteiger partial charge < -0.3 is 0 Å². The molecular formula is C57H36S2. The van der Waals surface area contributed by atoms with Crippen molar-refractivity contribution in [2.24, 2.45) is 0 Å². The van der Waals surface area contributed by atoms with Crippen molar-refractivity contribution in [3.8, 4) is 44.5 Å². The Morgan fingerprint density at radius 2 is 0.746 bits per heavy atom. The number of hydrogen-bond donors (Lipinski definition) is 0. The molecule has 0 radical (unpaired) electrons. The smallest absolute Gasteiger partial charge is 0.0361 e. The van der Waals surface area contributed by atoms with Gasteiger partial charge in [-0.1, -0.05) is 141 Å². The Kier molecular flexibility index (Phi) is 6.92. The first-order chi connectivity index (χ1) is 29.0. The predicted molar refractivity (Wildman–Crippen MR) is 259 cm³/mol. The SMILES string of the molecule is CC1(C)c2cc(-c3ccc4sc5cc6cc7sc8ccccc8c7cc6cc5c4c3)ccc2-c2ccc(-c3c4ccccc4c(-c4ccccc4)c4ccccc34)cc21. The van der Waals surface area contributed by atoms with Crippen molar-refractivity contribution in [2.75, 3.05) is 0 Å². The van der Waals surface area contributed by atoms with Crippen molar-refractivity contribution in [3.63, 3.8) is 0 Å². The minimum Gasteiger partial charge on any atom is -0.135 e. The van der Waals surface area contributed by atoms with Crippen LogP contribution in [0, 0.1) is 0 Å². The van der Waals surface area contributed by atoms with Gasteiger partial charge in [-0.15, -0.1) is 22.7 Å². The van der Waals surface area contributed by atoms with E-state index in [9.17, 15) is 0 Å². The summed E-state index contributed by atoms with van der Waals surface area (Å²) in [6.45, 7) is 4.82. The molecule has 0 amide bonds. The maximum atomic E-state index is 2.49. The molecule has 1 aliphatic carbocycles. The molecule has 0 saturated carbocycles. The van der Waals surface area contributed by atoms with Gasteiger partial charge in [0.2, 0.25) is 0 Å². The summed E-state index contributed by atoms with van der Waals surface area (Å²) >= 11 is 3.80. The van der Waals surface area contributed by atoms with Gasteiger partial charge in [-0.05, 0) is 143 Å². The molecule has 0 spiro atoms. The zero-order valence-corrected chi connectivity index (χ0v) is 34.3. The highest BCUT2D eigenvalue weighted by molar-refractivity contribution is 7.26. The Hall–Kier alpha value is -6.58. The second-order valence-corrected chi connectivity index (χ2v) is 19.0. The number of benzene rings is 10. The minimum atomic E-state index is -0.165. The van der Waals surface area contributed by atoms with Crippen LogP contribution in [0.2, 0.25) is 0 Å². The first-order valence-corrected chi connectivity index (χ1v) is 22.1. The molecule has 2 heteroatoms. The zero-order valence-electron chi connectivity index (χ0n) is 32.6. The Morgan fingerprint density at radius 3 is 1.39 bits per heavy atom. The van der Waals surface area contributed by atoms with Crippen LogP contribution in [0.4, 0.5) is 0 Å². The quantitative estimate of drug-likeness (QED) is 0.157. The number of fused-ring (bicyclic) bond motifs is 12. The maximum Gasteiger partial charge on any atom is 0.0361 e. The van der Waals surface area contributed by atoms with Crippen molar-refractivity contribution >= 4 is 95.3 Å². The van der Waals surface area contributed by atoms with E-state index in [-0.39, 0.29) is 5.41 Å². The summed E-state index contributed by atoms with van der Waals surface area (Å²) in [6.07, 6.45) is 0. The molecule has 0 saturated heterocycles. The third-order valence-electron chi connectivity index (χ3n) is 13.2. The fourth-order valence-electron chi connectivity index (χ4n) is 10.3. The largest absolute Gasteiger partial charge is 0.135 e. The van der Waals surface area contributed by atoms with Gasteiger partial charge >= 0.3 is 0 Å². The third-order valence-corrected chi connectivity index (χ3v) is 15.5. The average Bonchev–Trinajstić information content (AvgIpc) is 3.89. The first kappa shape index (κ1) is 33.4. The van der Waals surface area contributed by atoms with Crippen molar-refractivity contribution < 1.29 is 0 Å². The molecule has 0 aliphatic heterocycles. The van der Waals surface area contributed by atoms with Crippen LogP contribution in [0.3, 0.4) is 0 Å². The van der Waals surface area contributed by atoms with Gasteiger partial charge in [-0.25, -0.2) is 0 Å². The van der Waals surface area contributed by atoms with Gasteiger partial charge in [-0.3, -0.25) is 0 Å². The highest BCUT2D eigenvalue weighted by Crippen LogP contribution is 2.52. The molecule has 13 rings (SSSR count). The van der Waals surface area contributed by atoms with E-state index in [4.69, 9.17) is 0 Å². The van der Waals surface area contributed by atoms with E-state index < -0.39 is 0 Å². The topological polar surface area (TPSA) is 0 Å². The summed E-state index contributed by atoms with van der Waals surface area (Å²) in [4.78, 5) is 0. The van der Waals surface area contributed by atoms with Gasteiger partial charge in [-0.2, -0.15) is 0 Å². The summed E-state index contributed by atoms with van der Waals surface area (Å²) in [5.74, 6) is 0. The highest BCUT2D eigenvalue weighted by atomic mass is 32.1. The van der Waals surface area contributed by atoms with E-state index >= 15 is 0 Å². The molecule has 10 aromatic carbocycles. The summed E-state index contributed by atoms with van der Waals surface area (Å²) < 4.78 is 5.40. The lowest BCUT2D eigenvalue weighted by Crippen LogP contribution is -2.15. The van der Waals surface area contributed by atoms with Crippen LogP contribution in [0.25, 0.3) is 117 Å². The van der Waals surface area contributed by atoms with Crippen molar-refractivity contribution in [2.45, 2.75) is 19.3 Å². The Labute approximate surface area is 350 Å². The van der Waals surface area contributed by atoms with E-state index in [1.807, 2.05) is 22.7 Å². The number of rotatable bonds is 3. The Balaban J connectivity index is 0.924. The van der Waals surface area contributed by atoms with Crippen LogP contribution in [0.5, 0.6) is 0 Å². The van der Waals surface area contributed by atoms with Crippen LogP contribution in [-0.2, 0) is 5.41 Å². The lowest BCUT2D eigenvalue weighted by atomic mass is 9.80. The lowest BCUT2D eigenvalue weighted by molar-refractivity contribution is 0.661. The molecule has 0 atom stereocenters.